The van der Waals surface area contributed by atoms with Gasteiger partial charge in [-0.1, -0.05) is 0 Å². The van der Waals surface area contributed by atoms with Gasteiger partial charge in [-0.2, -0.15) is 11.8 Å². The van der Waals surface area contributed by atoms with Crippen molar-refractivity contribution in [3.63, 3.8) is 0 Å². The van der Waals surface area contributed by atoms with E-state index in [1.807, 2.05) is 48.4 Å². The third-order valence-corrected chi connectivity index (χ3v) is 8.19. The van der Waals surface area contributed by atoms with E-state index in [9.17, 15) is 4.79 Å². The van der Waals surface area contributed by atoms with Crippen molar-refractivity contribution in [2.75, 3.05) is 25.4 Å². The molecule has 0 radical (unpaired) electrons. The molecule has 1 unspecified atom stereocenters. The lowest BCUT2D eigenvalue weighted by molar-refractivity contribution is 0.0933. The maximum absolute atomic E-state index is 13.4. The van der Waals surface area contributed by atoms with E-state index in [4.69, 9.17) is 4.42 Å². The highest BCUT2D eigenvalue weighted by molar-refractivity contribution is 7.98. The molecule has 1 saturated heterocycles. The summed E-state index contributed by atoms with van der Waals surface area (Å²) in [4.78, 5) is 17.2. The fourth-order valence-corrected chi connectivity index (χ4v) is 6.77. The third kappa shape index (κ3) is 3.79. The molecule has 1 amide bonds. The molecule has 0 saturated carbocycles. The lowest BCUT2D eigenvalue weighted by Gasteiger charge is -2.26. The Morgan fingerprint density at radius 3 is 2.79 bits per heavy atom. The largest absolute Gasteiger partial charge is 0.468 e. The summed E-state index contributed by atoms with van der Waals surface area (Å²) in [6, 6.07) is 8.06. The lowest BCUT2D eigenvalue weighted by atomic mass is 10.1. The van der Waals surface area contributed by atoms with E-state index in [1.54, 1.807) is 17.6 Å². The van der Waals surface area contributed by atoms with Crippen molar-refractivity contribution in [3.8, 4) is 5.00 Å². The quantitative estimate of drug-likeness (QED) is 0.630. The molecule has 5 nitrogen and oxygen atoms in total. The first-order valence-electron chi connectivity index (χ1n) is 10.2. The highest BCUT2D eigenvalue weighted by atomic mass is 32.2. The van der Waals surface area contributed by atoms with Gasteiger partial charge in [-0.05, 0) is 67.9 Å². The van der Waals surface area contributed by atoms with Crippen molar-refractivity contribution in [1.82, 2.24) is 14.8 Å². The zero-order valence-corrected chi connectivity index (χ0v) is 17.9. The van der Waals surface area contributed by atoms with E-state index >= 15 is 0 Å². The number of nitrogens with one attached hydrogen (secondary N) is 1. The van der Waals surface area contributed by atoms with Crippen molar-refractivity contribution in [3.05, 3.63) is 64.7 Å². The summed E-state index contributed by atoms with van der Waals surface area (Å²) in [6.45, 7) is 2.68. The molecule has 0 aliphatic carbocycles. The second kappa shape index (κ2) is 8.42. The Kier molecular flexibility index (Phi) is 5.52. The SMILES string of the molecule is O=C(NCC(c1ccco1)N1CCCC1)c1c(-n2cccc2)sc2c1CCSC2. The molecule has 0 spiro atoms. The van der Waals surface area contributed by atoms with Gasteiger partial charge >= 0.3 is 0 Å². The van der Waals surface area contributed by atoms with E-state index in [0.29, 0.717) is 6.54 Å². The second-order valence-corrected chi connectivity index (χ2v) is 9.75. The van der Waals surface area contributed by atoms with Crippen LogP contribution in [0.2, 0.25) is 0 Å². The van der Waals surface area contributed by atoms with Crippen LogP contribution < -0.4 is 5.32 Å². The summed E-state index contributed by atoms with van der Waals surface area (Å²) in [6.07, 6.45) is 9.15. The van der Waals surface area contributed by atoms with Crippen molar-refractivity contribution >= 4 is 29.0 Å². The molecule has 1 atom stereocenters. The van der Waals surface area contributed by atoms with E-state index in [-0.39, 0.29) is 11.9 Å². The summed E-state index contributed by atoms with van der Waals surface area (Å²) in [5.41, 5.74) is 2.10. The normalized spacial score (nSPS) is 17.9. The van der Waals surface area contributed by atoms with Gasteiger partial charge in [0.05, 0.1) is 17.9 Å². The molecule has 0 aromatic carbocycles. The number of amides is 1. The standard InChI is InChI=1S/C22H25N3O2S2/c26-21(23-14-17(18-6-5-12-27-18)24-8-1-2-9-24)20-16-7-13-28-15-19(16)29-22(20)25-10-3-4-11-25/h3-6,10-12,17H,1-2,7-9,13-15H2,(H,23,26). The van der Waals surface area contributed by atoms with Crippen LogP contribution in [-0.4, -0.2) is 40.8 Å². The molecule has 2 aliphatic heterocycles. The van der Waals surface area contributed by atoms with E-state index in [0.717, 1.165) is 47.3 Å². The molecule has 3 aromatic rings. The fourth-order valence-electron chi connectivity index (χ4n) is 4.33. The van der Waals surface area contributed by atoms with E-state index < -0.39 is 0 Å². The third-order valence-electron chi connectivity index (χ3n) is 5.78. The minimum absolute atomic E-state index is 0.0360. The molecule has 29 heavy (non-hydrogen) atoms. The van der Waals surface area contributed by atoms with Gasteiger partial charge in [-0.3, -0.25) is 9.69 Å². The maximum atomic E-state index is 13.4. The average molecular weight is 428 g/mol. The van der Waals surface area contributed by atoms with Crippen LogP contribution in [0.5, 0.6) is 0 Å². The van der Waals surface area contributed by atoms with Gasteiger partial charge in [0.15, 0.2) is 0 Å². The molecule has 152 valence electrons. The number of fused-ring (bicyclic) bond motifs is 1. The van der Waals surface area contributed by atoms with Gasteiger partial charge in [0.2, 0.25) is 0 Å². The molecule has 3 aromatic heterocycles. The van der Waals surface area contributed by atoms with Gasteiger partial charge in [0.1, 0.15) is 10.8 Å². The van der Waals surface area contributed by atoms with Crippen molar-refractivity contribution in [2.24, 2.45) is 0 Å². The number of hydrogen-bond acceptors (Lipinski definition) is 5. The molecular weight excluding hydrogens is 402 g/mol. The summed E-state index contributed by atoms with van der Waals surface area (Å²) in [5.74, 6) is 3.05. The maximum Gasteiger partial charge on any atom is 0.254 e. The summed E-state index contributed by atoms with van der Waals surface area (Å²) in [7, 11) is 0. The number of thioether (sulfide) groups is 1. The Hall–Kier alpha value is -1.96. The number of nitrogens with zero attached hydrogens (tertiary/aromatic N) is 2. The Bertz CT molecular complexity index is 957. The summed E-state index contributed by atoms with van der Waals surface area (Å²) < 4.78 is 7.78. The molecule has 5 heterocycles. The monoisotopic (exact) mass is 427 g/mol. The number of carbonyl (C=O) groups is 1. The predicted molar refractivity (Wildman–Crippen MR) is 118 cm³/mol. The highest BCUT2D eigenvalue weighted by Gasteiger charge is 2.29. The van der Waals surface area contributed by atoms with Crippen LogP contribution in [0.15, 0.2) is 47.3 Å². The number of hydrogen-bond donors (Lipinski definition) is 1. The Morgan fingerprint density at radius 1 is 1.21 bits per heavy atom. The van der Waals surface area contributed by atoms with Gasteiger partial charge in [0, 0.05) is 29.6 Å². The highest BCUT2D eigenvalue weighted by Crippen LogP contribution is 2.38. The Balaban J connectivity index is 1.41. The molecule has 7 heteroatoms. The number of carbonyl (C=O) groups excluding carboxylic acids is 1. The summed E-state index contributed by atoms with van der Waals surface area (Å²) >= 11 is 3.71. The van der Waals surface area contributed by atoms with E-state index in [2.05, 4.69) is 14.8 Å². The van der Waals surface area contributed by atoms with Crippen LogP contribution in [0, 0.1) is 0 Å². The first-order chi connectivity index (χ1) is 14.3. The Labute approximate surface area is 179 Å². The number of likely N-dealkylation sites (tertiary alicyclic amines) is 1. The number of furan rings is 1. The van der Waals surface area contributed by atoms with Crippen LogP contribution in [-0.2, 0) is 12.2 Å². The van der Waals surface area contributed by atoms with Gasteiger partial charge < -0.3 is 14.3 Å². The minimum Gasteiger partial charge on any atom is -0.468 e. The summed E-state index contributed by atoms with van der Waals surface area (Å²) in [5, 5.41) is 4.29. The predicted octanol–water partition coefficient (Wildman–Crippen LogP) is 4.49. The molecular formula is C22H25N3O2S2. The van der Waals surface area contributed by atoms with Crippen molar-refractivity contribution in [2.45, 2.75) is 31.1 Å². The average Bonchev–Trinajstić information content (AvgIpc) is 3.55. The van der Waals surface area contributed by atoms with Crippen LogP contribution in [0.1, 0.15) is 45.4 Å². The topological polar surface area (TPSA) is 50.4 Å². The fraction of sp³-hybridized carbons (Fsp3) is 0.409. The van der Waals surface area contributed by atoms with Gasteiger partial charge in [-0.15, -0.1) is 11.3 Å². The van der Waals surface area contributed by atoms with Crippen LogP contribution in [0.25, 0.3) is 5.00 Å². The zero-order chi connectivity index (χ0) is 19.6. The zero-order valence-electron chi connectivity index (χ0n) is 16.3. The number of rotatable bonds is 6. The minimum atomic E-state index is 0.0360. The molecule has 2 aliphatic rings. The van der Waals surface area contributed by atoms with Crippen molar-refractivity contribution < 1.29 is 9.21 Å². The van der Waals surface area contributed by atoms with E-state index in [1.165, 1.54) is 23.3 Å². The van der Waals surface area contributed by atoms with Crippen molar-refractivity contribution in [1.29, 1.82) is 0 Å². The number of aromatic nitrogens is 1. The van der Waals surface area contributed by atoms with Gasteiger partial charge in [0.25, 0.3) is 5.91 Å². The smallest absolute Gasteiger partial charge is 0.254 e. The molecule has 1 N–H and O–H groups in total. The molecule has 1 fully saturated rings. The molecule has 0 bridgehead atoms. The second-order valence-electron chi connectivity index (χ2n) is 7.56. The number of thiophene rings is 1. The van der Waals surface area contributed by atoms with Crippen LogP contribution >= 0.6 is 23.1 Å². The Morgan fingerprint density at radius 2 is 2.03 bits per heavy atom. The first-order valence-corrected chi connectivity index (χ1v) is 12.2. The molecule has 5 rings (SSSR count). The van der Waals surface area contributed by atoms with Crippen LogP contribution in [0.4, 0.5) is 0 Å². The first kappa shape index (κ1) is 19.0. The van der Waals surface area contributed by atoms with Crippen LogP contribution in [0.3, 0.4) is 0 Å². The lowest BCUT2D eigenvalue weighted by Crippen LogP contribution is -2.37. The van der Waals surface area contributed by atoms with Gasteiger partial charge in [-0.25, -0.2) is 0 Å².